The SMILES string of the molecule is CC.CC#Cc1ccc(C(C)N(c2cnccn2)c2cnccn2)s1. The van der Waals surface area contributed by atoms with Gasteiger partial charge in [-0.3, -0.25) is 9.97 Å². The third kappa shape index (κ3) is 4.61. The number of nitrogens with zero attached hydrogens (tertiary/aromatic N) is 5. The minimum Gasteiger partial charge on any atom is -0.300 e. The van der Waals surface area contributed by atoms with Crippen molar-refractivity contribution < 1.29 is 0 Å². The van der Waals surface area contributed by atoms with Crippen LogP contribution in [0.25, 0.3) is 0 Å². The predicted molar refractivity (Wildman–Crippen MR) is 103 cm³/mol. The maximum Gasteiger partial charge on any atom is 0.153 e. The molecule has 5 nitrogen and oxygen atoms in total. The molecule has 0 bridgehead atoms. The first-order chi connectivity index (χ1) is 12.3. The second-order valence-electron chi connectivity index (χ2n) is 4.75. The Balaban J connectivity index is 0.00000109. The zero-order chi connectivity index (χ0) is 18.1. The molecule has 1 atom stereocenters. The second-order valence-corrected chi connectivity index (χ2v) is 5.87. The van der Waals surface area contributed by atoms with Crippen molar-refractivity contribution in [2.45, 2.75) is 33.7 Å². The van der Waals surface area contributed by atoms with E-state index in [0.29, 0.717) is 0 Å². The summed E-state index contributed by atoms with van der Waals surface area (Å²) in [6.45, 7) is 7.95. The molecule has 0 spiro atoms. The van der Waals surface area contributed by atoms with Gasteiger partial charge in [-0.2, -0.15) is 0 Å². The van der Waals surface area contributed by atoms with Crippen molar-refractivity contribution in [2.24, 2.45) is 0 Å². The van der Waals surface area contributed by atoms with E-state index in [1.807, 2.05) is 31.7 Å². The molecular weight excluding hydrogens is 330 g/mol. The molecule has 1 unspecified atom stereocenters. The molecule has 128 valence electrons. The first-order valence-electron chi connectivity index (χ1n) is 8.13. The van der Waals surface area contributed by atoms with Crippen LogP contribution in [0.2, 0.25) is 0 Å². The summed E-state index contributed by atoms with van der Waals surface area (Å²) >= 11 is 1.67. The van der Waals surface area contributed by atoms with E-state index in [2.05, 4.69) is 44.8 Å². The summed E-state index contributed by atoms with van der Waals surface area (Å²) in [5.41, 5.74) is 0. The lowest BCUT2D eigenvalue weighted by Gasteiger charge is -2.27. The molecule has 0 aliphatic carbocycles. The van der Waals surface area contributed by atoms with Crippen LogP contribution in [0.1, 0.15) is 43.5 Å². The molecule has 0 aromatic carbocycles. The summed E-state index contributed by atoms with van der Waals surface area (Å²) in [6.07, 6.45) is 10.1. The molecule has 3 aromatic rings. The molecule has 0 radical (unpaired) electrons. The van der Waals surface area contributed by atoms with Crippen molar-refractivity contribution >= 4 is 23.0 Å². The number of rotatable bonds is 4. The molecule has 0 fully saturated rings. The van der Waals surface area contributed by atoms with Gasteiger partial charge in [-0.1, -0.05) is 19.8 Å². The fourth-order valence-electron chi connectivity index (χ4n) is 2.24. The first-order valence-corrected chi connectivity index (χ1v) is 8.95. The van der Waals surface area contributed by atoms with E-state index in [1.165, 1.54) is 4.88 Å². The van der Waals surface area contributed by atoms with Crippen molar-refractivity contribution in [1.82, 2.24) is 19.9 Å². The van der Waals surface area contributed by atoms with Crippen molar-refractivity contribution in [3.05, 3.63) is 59.1 Å². The van der Waals surface area contributed by atoms with Crippen LogP contribution in [0.5, 0.6) is 0 Å². The molecule has 3 rings (SSSR count). The molecule has 3 heterocycles. The van der Waals surface area contributed by atoms with Crippen LogP contribution < -0.4 is 4.90 Å². The Hall–Kier alpha value is -2.78. The van der Waals surface area contributed by atoms with Crippen LogP contribution in [0, 0.1) is 11.8 Å². The highest BCUT2D eigenvalue weighted by atomic mass is 32.1. The van der Waals surface area contributed by atoms with Crippen LogP contribution in [0.4, 0.5) is 11.6 Å². The summed E-state index contributed by atoms with van der Waals surface area (Å²) < 4.78 is 0. The lowest BCUT2D eigenvalue weighted by Crippen LogP contribution is -2.23. The quantitative estimate of drug-likeness (QED) is 0.642. The number of hydrogen-bond acceptors (Lipinski definition) is 6. The maximum absolute atomic E-state index is 4.42. The number of hydrogen-bond donors (Lipinski definition) is 0. The largest absolute Gasteiger partial charge is 0.300 e. The second kappa shape index (κ2) is 9.50. The lowest BCUT2D eigenvalue weighted by molar-refractivity contribution is 0.760. The van der Waals surface area contributed by atoms with Crippen LogP contribution in [0.3, 0.4) is 0 Å². The van der Waals surface area contributed by atoms with Gasteiger partial charge in [0.2, 0.25) is 0 Å². The summed E-state index contributed by atoms with van der Waals surface area (Å²) in [7, 11) is 0. The van der Waals surface area contributed by atoms with Gasteiger partial charge in [0.15, 0.2) is 11.6 Å². The van der Waals surface area contributed by atoms with Crippen molar-refractivity contribution in [2.75, 3.05) is 4.90 Å². The first kappa shape index (κ1) is 18.6. The zero-order valence-electron chi connectivity index (χ0n) is 14.8. The van der Waals surface area contributed by atoms with Crippen LogP contribution >= 0.6 is 11.3 Å². The van der Waals surface area contributed by atoms with Crippen molar-refractivity contribution in [3.63, 3.8) is 0 Å². The highest BCUT2D eigenvalue weighted by molar-refractivity contribution is 7.12. The van der Waals surface area contributed by atoms with E-state index in [9.17, 15) is 0 Å². The van der Waals surface area contributed by atoms with E-state index in [-0.39, 0.29) is 6.04 Å². The van der Waals surface area contributed by atoms with E-state index < -0.39 is 0 Å². The smallest absolute Gasteiger partial charge is 0.153 e. The normalized spacial score (nSPS) is 10.7. The molecule has 0 amide bonds. The predicted octanol–water partition coefficient (Wildman–Crippen LogP) is 4.63. The Labute approximate surface area is 152 Å². The highest BCUT2D eigenvalue weighted by Crippen LogP contribution is 2.34. The Bertz CT molecular complexity index is 782. The van der Waals surface area contributed by atoms with Gasteiger partial charge in [0, 0.05) is 29.7 Å². The average Bonchev–Trinajstić information content (AvgIpc) is 3.14. The summed E-state index contributed by atoms with van der Waals surface area (Å²) in [5, 5.41) is 0. The average molecular weight is 351 g/mol. The maximum atomic E-state index is 4.42. The summed E-state index contributed by atoms with van der Waals surface area (Å²) in [6, 6.07) is 4.17. The van der Waals surface area contributed by atoms with Gasteiger partial charge in [0.25, 0.3) is 0 Å². The molecule has 0 saturated heterocycles. The number of thiophene rings is 1. The fourth-order valence-corrected chi connectivity index (χ4v) is 3.20. The monoisotopic (exact) mass is 351 g/mol. The van der Waals surface area contributed by atoms with E-state index in [4.69, 9.17) is 0 Å². The lowest BCUT2D eigenvalue weighted by atomic mass is 10.2. The topological polar surface area (TPSA) is 54.8 Å². The third-order valence-electron chi connectivity index (χ3n) is 3.27. The molecule has 3 aromatic heterocycles. The van der Waals surface area contributed by atoms with Gasteiger partial charge in [-0.05, 0) is 26.0 Å². The molecule has 25 heavy (non-hydrogen) atoms. The van der Waals surface area contributed by atoms with E-state index in [1.54, 1.807) is 48.5 Å². The van der Waals surface area contributed by atoms with Crippen molar-refractivity contribution in [1.29, 1.82) is 0 Å². The Kier molecular flexibility index (Phi) is 7.05. The minimum atomic E-state index is 0.0424. The van der Waals surface area contributed by atoms with Gasteiger partial charge < -0.3 is 4.90 Å². The Morgan fingerprint density at radius 3 is 2.04 bits per heavy atom. The van der Waals surface area contributed by atoms with Gasteiger partial charge in [-0.25, -0.2) is 9.97 Å². The highest BCUT2D eigenvalue weighted by Gasteiger charge is 2.22. The summed E-state index contributed by atoms with van der Waals surface area (Å²) in [4.78, 5) is 21.4. The van der Waals surface area contributed by atoms with Gasteiger partial charge >= 0.3 is 0 Å². The molecule has 6 heteroatoms. The van der Waals surface area contributed by atoms with Gasteiger partial charge in [-0.15, -0.1) is 17.3 Å². The molecule has 0 saturated carbocycles. The zero-order valence-corrected chi connectivity index (χ0v) is 15.7. The molecule has 0 aliphatic heterocycles. The molecule has 0 aliphatic rings. The number of aromatic nitrogens is 4. The van der Waals surface area contributed by atoms with E-state index >= 15 is 0 Å². The van der Waals surface area contributed by atoms with Gasteiger partial charge in [0.1, 0.15) is 0 Å². The number of anilines is 2. The Morgan fingerprint density at radius 2 is 1.56 bits per heavy atom. The van der Waals surface area contributed by atoms with Crippen LogP contribution in [0.15, 0.2) is 49.3 Å². The van der Waals surface area contributed by atoms with Crippen molar-refractivity contribution in [3.8, 4) is 11.8 Å². The fraction of sp³-hybridized carbons (Fsp3) is 0.263. The third-order valence-corrected chi connectivity index (χ3v) is 4.44. The Morgan fingerprint density at radius 1 is 0.960 bits per heavy atom. The standard InChI is InChI=1S/C17H15N5S.C2H6/c1-3-4-14-5-6-15(23-14)13(2)22(16-11-18-7-9-20-16)17-12-19-8-10-21-17;1-2/h5-13H,1-2H3;1-2H3. The van der Waals surface area contributed by atoms with Crippen LogP contribution in [-0.4, -0.2) is 19.9 Å². The van der Waals surface area contributed by atoms with Gasteiger partial charge in [0.05, 0.1) is 23.3 Å². The van der Waals surface area contributed by atoms with Crippen LogP contribution in [-0.2, 0) is 0 Å². The molecule has 0 N–H and O–H groups in total. The minimum absolute atomic E-state index is 0.0424. The molecular formula is C19H21N5S. The van der Waals surface area contributed by atoms with E-state index in [0.717, 1.165) is 16.5 Å². The summed E-state index contributed by atoms with van der Waals surface area (Å²) in [5.74, 6) is 7.49.